The topological polar surface area (TPSA) is 74.2 Å². The molecule has 6 heteroatoms. The number of hydrogen-bond donors (Lipinski definition) is 0. The van der Waals surface area contributed by atoms with Crippen LogP contribution in [0.15, 0.2) is 65.3 Å². The van der Waals surface area contributed by atoms with Crippen molar-refractivity contribution in [3.05, 3.63) is 71.4 Å². The van der Waals surface area contributed by atoms with Gasteiger partial charge in [-0.25, -0.2) is 9.79 Å². The van der Waals surface area contributed by atoms with E-state index in [1.165, 1.54) is 7.11 Å². The van der Waals surface area contributed by atoms with Crippen LogP contribution in [0.5, 0.6) is 11.5 Å². The van der Waals surface area contributed by atoms with Crippen LogP contribution in [0.1, 0.15) is 24.0 Å². The van der Waals surface area contributed by atoms with E-state index in [4.69, 9.17) is 14.2 Å². The summed E-state index contributed by atoms with van der Waals surface area (Å²) in [5.74, 6) is 0.219. The van der Waals surface area contributed by atoms with Gasteiger partial charge < -0.3 is 14.2 Å². The van der Waals surface area contributed by atoms with Crippen LogP contribution in [0.25, 0.3) is 12.2 Å². The molecule has 0 aromatic heterocycles. The number of nitrogens with zero attached hydrogens (tertiary/aromatic N) is 1. The molecule has 0 atom stereocenters. The molecule has 1 aliphatic heterocycles. The molecule has 0 saturated heterocycles. The number of cyclic esters (lactones) is 1. The predicted molar refractivity (Wildman–Crippen MR) is 108 cm³/mol. The van der Waals surface area contributed by atoms with Crippen LogP contribution >= 0.6 is 0 Å². The molecule has 2 aromatic carbocycles. The second-order valence-corrected chi connectivity index (χ2v) is 6.72. The van der Waals surface area contributed by atoms with Gasteiger partial charge in [0.1, 0.15) is 0 Å². The molecule has 0 N–H and O–H groups in total. The number of rotatable bonds is 6. The van der Waals surface area contributed by atoms with Gasteiger partial charge >= 0.3 is 11.9 Å². The highest BCUT2D eigenvalue weighted by Crippen LogP contribution is 2.34. The van der Waals surface area contributed by atoms with Crippen LogP contribution in [0, 0.1) is 5.92 Å². The largest absolute Gasteiger partial charge is 0.493 e. The van der Waals surface area contributed by atoms with Crippen LogP contribution < -0.4 is 9.47 Å². The van der Waals surface area contributed by atoms with E-state index in [0.29, 0.717) is 17.1 Å². The minimum Gasteiger partial charge on any atom is -0.493 e. The molecule has 0 spiro atoms. The first-order chi connectivity index (χ1) is 14.1. The minimum atomic E-state index is -0.527. The van der Waals surface area contributed by atoms with E-state index in [1.54, 1.807) is 30.4 Å². The summed E-state index contributed by atoms with van der Waals surface area (Å²) in [5.41, 5.74) is 1.84. The van der Waals surface area contributed by atoms with Gasteiger partial charge in [0.15, 0.2) is 17.2 Å². The molecular formula is C23H19NO5. The Kier molecular flexibility index (Phi) is 5.24. The van der Waals surface area contributed by atoms with Gasteiger partial charge in [-0.2, -0.15) is 0 Å². The summed E-state index contributed by atoms with van der Waals surface area (Å²) >= 11 is 0. The standard InChI is InChI=1S/C23H19NO5/c1-27-20-14-16(7-11-19(20)28-22(25)17-9-10-17)13-18-23(26)29-21(24-18)12-8-15-5-3-2-4-6-15/h2-8,11-14,17H,9-10H2,1H3/b12-8+,18-13-. The fourth-order valence-corrected chi connectivity index (χ4v) is 2.76. The number of carbonyl (C=O) groups is 2. The zero-order valence-electron chi connectivity index (χ0n) is 15.8. The third kappa shape index (κ3) is 4.60. The molecule has 0 amide bonds. The minimum absolute atomic E-state index is 0.00791. The Morgan fingerprint density at radius 1 is 1.07 bits per heavy atom. The van der Waals surface area contributed by atoms with E-state index >= 15 is 0 Å². The molecule has 2 aromatic rings. The highest BCUT2D eigenvalue weighted by molar-refractivity contribution is 6.11. The van der Waals surface area contributed by atoms with E-state index in [-0.39, 0.29) is 23.5 Å². The molecule has 1 heterocycles. The van der Waals surface area contributed by atoms with E-state index < -0.39 is 5.97 Å². The van der Waals surface area contributed by atoms with E-state index in [9.17, 15) is 9.59 Å². The van der Waals surface area contributed by atoms with Crippen LogP contribution in [0.2, 0.25) is 0 Å². The first-order valence-corrected chi connectivity index (χ1v) is 9.28. The lowest BCUT2D eigenvalue weighted by atomic mass is 10.1. The Hall–Kier alpha value is -3.67. The molecule has 146 valence electrons. The molecular weight excluding hydrogens is 370 g/mol. The Morgan fingerprint density at radius 3 is 2.59 bits per heavy atom. The predicted octanol–water partition coefficient (Wildman–Crippen LogP) is 4.02. The average Bonchev–Trinajstić information content (AvgIpc) is 3.53. The van der Waals surface area contributed by atoms with Crippen LogP contribution in [-0.2, 0) is 14.3 Å². The summed E-state index contributed by atoms with van der Waals surface area (Å²) in [6.45, 7) is 0. The molecule has 29 heavy (non-hydrogen) atoms. The number of benzene rings is 2. The van der Waals surface area contributed by atoms with Gasteiger partial charge in [-0.3, -0.25) is 4.79 Å². The first-order valence-electron chi connectivity index (χ1n) is 9.28. The molecule has 0 radical (unpaired) electrons. The van der Waals surface area contributed by atoms with Gasteiger partial charge in [-0.1, -0.05) is 36.4 Å². The maximum atomic E-state index is 12.1. The second-order valence-electron chi connectivity index (χ2n) is 6.72. The summed E-state index contributed by atoms with van der Waals surface area (Å²) in [6.07, 6.45) is 6.80. The third-order valence-electron chi connectivity index (χ3n) is 4.47. The Labute approximate surface area is 168 Å². The maximum Gasteiger partial charge on any atom is 0.363 e. The number of carbonyl (C=O) groups excluding carboxylic acids is 2. The zero-order valence-corrected chi connectivity index (χ0v) is 15.8. The van der Waals surface area contributed by atoms with E-state index in [2.05, 4.69) is 4.99 Å². The lowest BCUT2D eigenvalue weighted by Crippen LogP contribution is -2.10. The van der Waals surface area contributed by atoms with Gasteiger partial charge in [0, 0.05) is 6.08 Å². The number of aliphatic imine (C=N–C) groups is 1. The zero-order chi connectivity index (χ0) is 20.2. The molecule has 6 nitrogen and oxygen atoms in total. The Bertz CT molecular complexity index is 1030. The molecule has 0 unspecified atom stereocenters. The van der Waals surface area contributed by atoms with Gasteiger partial charge in [0.05, 0.1) is 13.0 Å². The summed E-state index contributed by atoms with van der Waals surface area (Å²) in [6, 6.07) is 14.7. The maximum absolute atomic E-state index is 12.1. The van der Waals surface area contributed by atoms with Crippen molar-refractivity contribution < 1.29 is 23.8 Å². The van der Waals surface area contributed by atoms with Crippen LogP contribution in [0.3, 0.4) is 0 Å². The quantitative estimate of drug-likeness (QED) is 0.424. The van der Waals surface area contributed by atoms with Crippen molar-refractivity contribution in [3.8, 4) is 11.5 Å². The summed E-state index contributed by atoms with van der Waals surface area (Å²) in [4.78, 5) is 28.2. The van der Waals surface area contributed by atoms with Gasteiger partial charge in [-0.15, -0.1) is 0 Å². The number of hydrogen-bond acceptors (Lipinski definition) is 6. The van der Waals surface area contributed by atoms with Crippen molar-refractivity contribution in [2.45, 2.75) is 12.8 Å². The summed E-state index contributed by atoms with van der Waals surface area (Å²) < 4.78 is 15.9. The molecule has 2 aliphatic rings. The Balaban J connectivity index is 1.51. The molecule has 1 aliphatic carbocycles. The van der Waals surface area contributed by atoms with Crippen molar-refractivity contribution >= 4 is 30.0 Å². The van der Waals surface area contributed by atoms with Gasteiger partial charge in [0.2, 0.25) is 5.90 Å². The van der Waals surface area contributed by atoms with Crippen molar-refractivity contribution in [2.24, 2.45) is 10.9 Å². The normalized spacial score (nSPS) is 17.3. The Morgan fingerprint density at radius 2 is 1.86 bits per heavy atom. The lowest BCUT2D eigenvalue weighted by Gasteiger charge is -2.09. The molecule has 1 saturated carbocycles. The highest BCUT2D eigenvalue weighted by Gasteiger charge is 2.32. The fraction of sp³-hybridized carbons (Fsp3) is 0.174. The molecule has 4 rings (SSSR count). The third-order valence-corrected chi connectivity index (χ3v) is 4.47. The van der Waals surface area contributed by atoms with Crippen molar-refractivity contribution in [3.63, 3.8) is 0 Å². The van der Waals surface area contributed by atoms with Crippen molar-refractivity contribution in [1.29, 1.82) is 0 Å². The van der Waals surface area contributed by atoms with Crippen LogP contribution in [0.4, 0.5) is 0 Å². The number of ether oxygens (including phenoxy) is 3. The molecule has 0 bridgehead atoms. The van der Waals surface area contributed by atoms with E-state index in [1.807, 2.05) is 36.4 Å². The van der Waals surface area contributed by atoms with E-state index in [0.717, 1.165) is 18.4 Å². The monoisotopic (exact) mass is 389 g/mol. The number of esters is 2. The average molecular weight is 389 g/mol. The second kappa shape index (κ2) is 8.14. The smallest absolute Gasteiger partial charge is 0.363 e. The lowest BCUT2D eigenvalue weighted by molar-refractivity contribution is -0.136. The first kappa shape index (κ1) is 18.7. The SMILES string of the molecule is COc1cc(/C=C2N=C(/C=C/c3ccccc3)OC\2=O)ccc1OC(=O)C1CC1. The summed E-state index contributed by atoms with van der Waals surface area (Å²) in [7, 11) is 1.50. The van der Waals surface area contributed by atoms with Gasteiger partial charge in [-0.05, 0) is 48.3 Å². The van der Waals surface area contributed by atoms with Crippen molar-refractivity contribution in [2.75, 3.05) is 7.11 Å². The fourth-order valence-electron chi connectivity index (χ4n) is 2.76. The molecule has 1 fully saturated rings. The van der Waals surface area contributed by atoms with Gasteiger partial charge in [0.25, 0.3) is 0 Å². The van der Waals surface area contributed by atoms with Crippen LogP contribution in [-0.4, -0.2) is 24.9 Å². The highest BCUT2D eigenvalue weighted by atomic mass is 16.6. The summed E-state index contributed by atoms with van der Waals surface area (Å²) in [5, 5.41) is 0. The number of methoxy groups -OCH3 is 1. The van der Waals surface area contributed by atoms with Crippen molar-refractivity contribution in [1.82, 2.24) is 0 Å².